The molecule has 3 heterocycles. The Morgan fingerprint density at radius 1 is 1.27 bits per heavy atom. The van der Waals surface area contributed by atoms with E-state index in [0.717, 1.165) is 24.3 Å². The zero-order chi connectivity index (χ0) is 20.2. The van der Waals surface area contributed by atoms with E-state index in [0.29, 0.717) is 42.2 Å². The summed E-state index contributed by atoms with van der Waals surface area (Å²) in [6.07, 6.45) is 4.28. The third-order valence-electron chi connectivity index (χ3n) is 4.84. The average molecular weight is 501 g/mol. The fraction of sp³-hybridized carbons (Fsp3) is 0.286. The van der Waals surface area contributed by atoms with E-state index in [1.54, 1.807) is 18.2 Å². The number of hydrogen-bond donors (Lipinski definition) is 2. The molecule has 0 aliphatic carbocycles. The second-order valence-electron chi connectivity index (χ2n) is 6.88. The maximum absolute atomic E-state index is 12.9. The monoisotopic (exact) mass is 500 g/mol. The van der Waals surface area contributed by atoms with E-state index >= 15 is 0 Å². The summed E-state index contributed by atoms with van der Waals surface area (Å²) in [7, 11) is 0. The predicted molar refractivity (Wildman–Crippen MR) is 110 cm³/mol. The van der Waals surface area contributed by atoms with Crippen LogP contribution in [-0.4, -0.2) is 47.1 Å². The van der Waals surface area contributed by atoms with Gasteiger partial charge in [-0.05, 0) is 29.8 Å². The summed E-state index contributed by atoms with van der Waals surface area (Å²) >= 11 is 5.87. The maximum atomic E-state index is 12.9. The average Bonchev–Trinajstić information content (AvgIpc) is 2.74. The zero-order valence-corrected chi connectivity index (χ0v) is 19.9. The second kappa shape index (κ2) is 10.6. The van der Waals surface area contributed by atoms with Crippen molar-refractivity contribution in [1.29, 1.82) is 0 Å². The molecule has 0 bridgehead atoms. The van der Waals surface area contributed by atoms with Gasteiger partial charge in [-0.25, -0.2) is 0 Å². The van der Waals surface area contributed by atoms with Crippen molar-refractivity contribution < 1.29 is 42.2 Å². The molecule has 30 heavy (non-hydrogen) atoms. The van der Waals surface area contributed by atoms with Gasteiger partial charge in [-0.15, -0.1) is 6.07 Å². The first-order valence-corrected chi connectivity index (χ1v) is 9.74. The van der Waals surface area contributed by atoms with Crippen molar-refractivity contribution in [2.75, 3.05) is 26.3 Å². The quantitative estimate of drug-likeness (QED) is 0.524. The molecular weight excluding hydrogens is 481 g/mol. The van der Waals surface area contributed by atoms with Crippen LogP contribution in [0.15, 0.2) is 41.3 Å². The van der Waals surface area contributed by atoms with Crippen molar-refractivity contribution >= 4 is 28.4 Å². The first-order valence-electron chi connectivity index (χ1n) is 9.36. The van der Waals surface area contributed by atoms with Gasteiger partial charge in [-0.1, -0.05) is 41.0 Å². The Morgan fingerprint density at radius 3 is 2.73 bits per heavy atom. The summed E-state index contributed by atoms with van der Waals surface area (Å²) in [6.45, 7) is 3.94. The number of benzene rings is 1. The summed E-state index contributed by atoms with van der Waals surface area (Å²) in [5.74, 6) is -0.436. The van der Waals surface area contributed by atoms with Crippen LogP contribution in [0, 0.1) is 6.20 Å². The minimum absolute atomic E-state index is 0. The number of morpholine rings is 1. The number of pyridine rings is 2. The van der Waals surface area contributed by atoms with E-state index in [-0.39, 0.29) is 43.7 Å². The number of nitrogens with one attached hydrogen (secondary N) is 2. The van der Waals surface area contributed by atoms with Crippen LogP contribution < -0.4 is 10.7 Å². The van der Waals surface area contributed by atoms with Crippen LogP contribution in [0.3, 0.4) is 0 Å². The van der Waals surface area contributed by atoms with Crippen molar-refractivity contribution in [3.8, 4) is 0 Å². The van der Waals surface area contributed by atoms with Crippen LogP contribution in [0.4, 0.5) is 0 Å². The summed E-state index contributed by atoms with van der Waals surface area (Å²) in [4.78, 5) is 34.9. The molecule has 1 radical (unpaired) electrons. The summed E-state index contributed by atoms with van der Waals surface area (Å²) in [5, 5.41) is 3.80. The molecule has 1 aromatic carbocycles. The molecule has 0 saturated carbocycles. The van der Waals surface area contributed by atoms with Crippen molar-refractivity contribution in [3.63, 3.8) is 0 Å². The van der Waals surface area contributed by atoms with Gasteiger partial charge in [0, 0.05) is 63.6 Å². The topological polar surface area (TPSA) is 87.3 Å². The standard InChI is InChI=1S/C21H20ClN4O3.Y/c22-15-3-1-14(2-4-15)10-25-21(28)18-11-24-19-12-23-16(9-17(19)20(18)27)13-26-5-7-29-8-6-26;/h1-4,9,11H,5-8,10,13H2,(H,24,27)(H,25,28);/q-1;. The maximum Gasteiger partial charge on any atom is 0.255 e. The van der Waals surface area contributed by atoms with Gasteiger partial charge in [0.25, 0.3) is 5.91 Å². The van der Waals surface area contributed by atoms with Crippen LogP contribution in [-0.2, 0) is 50.5 Å². The fourth-order valence-corrected chi connectivity index (χ4v) is 3.35. The number of ether oxygens (including phenoxy) is 1. The molecule has 1 aliphatic rings. The first kappa shape index (κ1) is 23.0. The third kappa shape index (κ3) is 5.53. The number of aromatic amines is 1. The molecular formula is C21H20ClN4O3Y-. The molecule has 153 valence electrons. The Hall–Kier alpha value is -1.64. The van der Waals surface area contributed by atoms with Gasteiger partial charge in [0.05, 0.1) is 18.8 Å². The number of H-pyrrole nitrogens is 1. The molecule has 2 aromatic heterocycles. The largest absolute Gasteiger partial charge is 0.387 e. The summed E-state index contributed by atoms with van der Waals surface area (Å²) in [6, 6.07) is 8.89. The normalized spacial score (nSPS) is 14.3. The van der Waals surface area contributed by atoms with Crippen LogP contribution in [0.25, 0.3) is 10.9 Å². The zero-order valence-electron chi connectivity index (χ0n) is 16.3. The number of nitrogens with zero attached hydrogens (tertiary/aromatic N) is 2. The van der Waals surface area contributed by atoms with Gasteiger partial charge < -0.3 is 29.7 Å². The van der Waals surface area contributed by atoms with Crippen molar-refractivity contribution in [2.45, 2.75) is 13.1 Å². The molecule has 4 rings (SSSR count). The Kier molecular flexibility index (Phi) is 8.14. The van der Waals surface area contributed by atoms with Gasteiger partial charge in [0.15, 0.2) is 0 Å². The molecule has 1 saturated heterocycles. The van der Waals surface area contributed by atoms with Gasteiger partial charge in [-0.2, -0.15) is 0 Å². The molecule has 1 amide bonds. The van der Waals surface area contributed by atoms with Gasteiger partial charge in [0.1, 0.15) is 5.43 Å². The SMILES string of the molecule is O=C(NCc1ccc(Cl)cc1)c1c[nH]c2[c-]nc(CN3CCOCC3)cc2c1=O.[Y]. The van der Waals surface area contributed by atoms with E-state index in [9.17, 15) is 9.59 Å². The van der Waals surface area contributed by atoms with E-state index in [1.165, 1.54) is 6.20 Å². The number of fused-ring (bicyclic) bond motifs is 1. The number of carbonyl (C=O) groups excluding carboxylic acids is 1. The minimum Gasteiger partial charge on any atom is -0.387 e. The van der Waals surface area contributed by atoms with Gasteiger partial charge in [0.2, 0.25) is 0 Å². The molecule has 2 N–H and O–H groups in total. The van der Waals surface area contributed by atoms with Crippen molar-refractivity contribution in [1.82, 2.24) is 20.2 Å². The Morgan fingerprint density at radius 2 is 2.00 bits per heavy atom. The van der Waals surface area contributed by atoms with E-state index in [1.807, 2.05) is 12.1 Å². The Balaban J connectivity index is 0.00000256. The number of hydrogen-bond acceptors (Lipinski definition) is 5. The third-order valence-corrected chi connectivity index (χ3v) is 5.09. The Labute approximate surface area is 204 Å². The van der Waals surface area contributed by atoms with Crippen LogP contribution in [0.2, 0.25) is 5.02 Å². The van der Waals surface area contributed by atoms with E-state index in [4.69, 9.17) is 16.3 Å². The summed E-state index contributed by atoms with van der Waals surface area (Å²) in [5.41, 5.74) is 1.83. The summed E-state index contributed by atoms with van der Waals surface area (Å²) < 4.78 is 5.35. The van der Waals surface area contributed by atoms with Crippen molar-refractivity contribution in [2.24, 2.45) is 0 Å². The molecule has 3 aromatic rings. The van der Waals surface area contributed by atoms with E-state index in [2.05, 4.69) is 26.4 Å². The fourth-order valence-electron chi connectivity index (χ4n) is 3.22. The van der Waals surface area contributed by atoms with Crippen molar-refractivity contribution in [3.05, 3.63) is 74.8 Å². The number of halogens is 1. The van der Waals surface area contributed by atoms with Crippen LogP contribution in [0.1, 0.15) is 21.6 Å². The molecule has 0 atom stereocenters. The molecule has 0 spiro atoms. The predicted octanol–water partition coefficient (Wildman–Crippen LogP) is 2.14. The number of aromatic nitrogens is 2. The number of rotatable bonds is 5. The smallest absolute Gasteiger partial charge is 0.255 e. The van der Waals surface area contributed by atoms with Crippen LogP contribution in [0.5, 0.6) is 0 Å². The first-order chi connectivity index (χ1) is 14.1. The van der Waals surface area contributed by atoms with E-state index < -0.39 is 5.91 Å². The molecule has 9 heteroatoms. The molecule has 1 fully saturated rings. The molecule has 0 unspecified atom stereocenters. The molecule has 1 aliphatic heterocycles. The van der Waals surface area contributed by atoms with Crippen LogP contribution >= 0.6 is 11.6 Å². The number of amides is 1. The number of carbonyl (C=O) groups is 1. The van der Waals surface area contributed by atoms with Gasteiger partial charge in [-0.3, -0.25) is 4.79 Å². The molecule has 7 nitrogen and oxygen atoms in total. The van der Waals surface area contributed by atoms with Gasteiger partial charge >= 0.3 is 0 Å². The Bertz CT molecular complexity index is 1080. The second-order valence-corrected chi connectivity index (χ2v) is 7.31. The minimum atomic E-state index is -0.436.